The van der Waals surface area contributed by atoms with Gasteiger partial charge in [-0.1, -0.05) is 0 Å². The van der Waals surface area contributed by atoms with Gasteiger partial charge in [-0.2, -0.15) is 0 Å². The zero-order valence-electron chi connectivity index (χ0n) is 20.1. The fourth-order valence-corrected chi connectivity index (χ4v) is 4.68. The molecule has 3 aliphatic rings. The van der Waals surface area contributed by atoms with E-state index >= 15 is 0 Å². The third kappa shape index (κ3) is 4.84. The zero-order valence-corrected chi connectivity index (χ0v) is 20.1. The second kappa shape index (κ2) is 9.52. The van der Waals surface area contributed by atoms with Gasteiger partial charge in [0.2, 0.25) is 11.8 Å². The van der Waals surface area contributed by atoms with E-state index in [9.17, 15) is 19.2 Å². The summed E-state index contributed by atoms with van der Waals surface area (Å²) < 4.78 is 11.1. The maximum Gasteiger partial charge on any atom is 0.265 e. The van der Waals surface area contributed by atoms with Gasteiger partial charge in [-0.15, -0.1) is 0 Å². The fourth-order valence-electron chi connectivity index (χ4n) is 4.68. The topological polar surface area (TPSA) is 135 Å². The number of hydrogen-bond donors (Lipinski definition) is 4. The minimum absolute atomic E-state index is 0.107. The maximum absolute atomic E-state index is 12.8. The molecule has 10 heteroatoms. The molecule has 2 aromatic rings. The Balaban J connectivity index is 1.13. The lowest BCUT2D eigenvalue weighted by Crippen LogP contribution is -2.34. The largest absolute Gasteiger partial charge is 0.479 e. The smallest absolute Gasteiger partial charge is 0.265 e. The molecule has 0 bridgehead atoms. The first-order valence-electron chi connectivity index (χ1n) is 12.1. The number of ether oxygens (including phenoxy) is 2. The minimum atomic E-state index is -0.559. The summed E-state index contributed by atoms with van der Waals surface area (Å²) in [6.45, 7) is 3.35. The van der Waals surface area contributed by atoms with E-state index in [0.29, 0.717) is 59.9 Å². The predicted molar refractivity (Wildman–Crippen MR) is 133 cm³/mol. The van der Waals surface area contributed by atoms with E-state index in [0.717, 1.165) is 0 Å². The van der Waals surface area contributed by atoms with Crippen LogP contribution in [0.25, 0.3) is 0 Å². The maximum atomic E-state index is 12.8. The zero-order chi connectivity index (χ0) is 25.4. The van der Waals surface area contributed by atoms with Crippen molar-refractivity contribution in [1.82, 2.24) is 0 Å². The Morgan fingerprint density at radius 1 is 0.722 bits per heavy atom. The molecule has 4 N–H and O–H groups in total. The van der Waals surface area contributed by atoms with E-state index in [1.165, 1.54) is 0 Å². The highest BCUT2D eigenvalue weighted by Crippen LogP contribution is 2.35. The number of fused-ring (bicyclic) bond motifs is 2. The first-order valence-corrected chi connectivity index (χ1v) is 12.1. The van der Waals surface area contributed by atoms with Crippen LogP contribution in [0.15, 0.2) is 36.4 Å². The van der Waals surface area contributed by atoms with Crippen molar-refractivity contribution in [3.63, 3.8) is 0 Å². The van der Waals surface area contributed by atoms with Crippen molar-refractivity contribution in [1.29, 1.82) is 0 Å². The van der Waals surface area contributed by atoms with Crippen molar-refractivity contribution in [2.75, 3.05) is 21.3 Å². The first kappa shape index (κ1) is 23.7. The van der Waals surface area contributed by atoms with Crippen molar-refractivity contribution >= 4 is 46.4 Å². The molecule has 4 amide bonds. The average molecular weight is 493 g/mol. The van der Waals surface area contributed by atoms with Crippen LogP contribution in [0.2, 0.25) is 0 Å². The highest BCUT2D eigenvalue weighted by atomic mass is 16.5. The number of anilines is 4. The van der Waals surface area contributed by atoms with Crippen molar-refractivity contribution in [3.05, 3.63) is 36.4 Å². The highest BCUT2D eigenvalue weighted by molar-refractivity contribution is 6.00. The molecule has 2 heterocycles. The van der Waals surface area contributed by atoms with Crippen molar-refractivity contribution in [3.8, 4) is 11.5 Å². The van der Waals surface area contributed by atoms with Gasteiger partial charge in [0.05, 0.1) is 11.4 Å². The molecule has 5 rings (SSSR count). The Bertz CT molecular complexity index is 1140. The lowest BCUT2D eigenvalue weighted by Gasteiger charge is -2.28. The van der Waals surface area contributed by atoms with E-state index in [4.69, 9.17) is 9.47 Å². The summed E-state index contributed by atoms with van der Waals surface area (Å²) in [6, 6.07) is 10.3. The van der Waals surface area contributed by atoms with Crippen LogP contribution in [0.5, 0.6) is 11.5 Å². The highest BCUT2D eigenvalue weighted by Gasteiger charge is 2.31. The molecule has 36 heavy (non-hydrogen) atoms. The normalized spacial score (nSPS) is 24.6. The molecular formula is C26H28N4O6. The summed E-state index contributed by atoms with van der Waals surface area (Å²) in [4.78, 5) is 49.4. The van der Waals surface area contributed by atoms with Crippen molar-refractivity contribution in [2.45, 2.75) is 51.7 Å². The fraction of sp³-hybridized carbons (Fsp3) is 0.385. The molecule has 1 aliphatic carbocycles. The third-order valence-corrected chi connectivity index (χ3v) is 6.82. The van der Waals surface area contributed by atoms with Crippen LogP contribution < -0.4 is 30.7 Å². The summed E-state index contributed by atoms with van der Waals surface area (Å²) in [6.07, 6.45) is 1.26. The summed E-state index contributed by atoms with van der Waals surface area (Å²) >= 11 is 0. The molecule has 0 spiro atoms. The summed E-state index contributed by atoms with van der Waals surface area (Å²) in [7, 11) is 0. The van der Waals surface area contributed by atoms with Crippen LogP contribution in [0.1, 0.15) is 39.5 Å². The second-order valence-corrected chi connectivity index (χ2v) is 9.45. The number of rotatable bonds is 4. The quantitative estimate of drug-likeness (QED) is 0.516. The Labute approximate surface area is 208 Å². The van der Waals surface area contributed by atoms with Gasteiger partial charge in [-0.25, -0.2) is 0 Å². The molecule has 188 valence electrons. The van der Waals surface area contributed by atoms with Crippen molar-refractivity contribution in [2.24, 2.45) is 11.8 Å². The van der Waals surface area contributed by atoms with Gasteiger partial charge in [0.25, 0.3) is 11.8 Å². The summed E-state index contributed by atoms with van der Waals surface area (Å²) in [5, 5.41) is 11.4. The molecule has 10 nitrogen and oxygen atoms in total. The van der Waals surface area contributed by atoms with Gasteiger partial charge in [0.1, 0.15) is 11.5 Å². The number of hydrogen-bond acceptors (Lipinski definition) is 6. The monoisotopic (exact) mass is 492 g/mol. The van der Waals surface area contributed by atoms with Crippen LogP contribution >= 0.6 is 0 Å². The molecule has 0 radical (unpaired) electrons. The van der Waals surface area contributed by atoms with Gasteiger partial charge >= 0.3 is 0 Å². The van der Waals surface area contributed by atoms with E-state index in [2.05, 4.69) is 21.3 Å². The predicted octanol–water partition coefficient (Wildman–Crippen LogP) is 3.51. The van der Waals surface area contributed by atoms with Crippen LogP contribution in [0.3, 0.4) is 0 Å². The Morgan fingerprint density at radius 3 is 1.50 bits per heavy atom. The summed E-state index contributed by atoms with van der Waals surface area (Å²) in [5.74, 6) is 0.0548. The van der Waals surface area contributed by atoms with Crippen LogP contribution in [-0.2, 0) is 19.2 Å². The van der Waals surface area contributed by atoms with Gasteiger partial charge in [-0.3, -0.25) is 19.2 Å². The molecule has 2 aliphatic heterocycles. The van der Waals surface area contributed by atoms with Gasteiger partial charge in [-0.05, 0) is 75.9 Å². The third-order valence-electron chi connectivity index (χ3n) is 6.82. The molecule has 2 unspecified atom stereocenters. The minimum Gasteiger partial charge on any atom is -0.479 e. The first-order chi connectivity index (χ1) is 17.3. The van der Waals surface area contributed by atoms with E-state index < -0.39 is 12.2 Å². The van der Waals surface area contributed by atoms with Crippen LogP contribution in [-0.4, -0.2) is 35.8 Å². The molecule has 2 aromatic carbocycles. The molecule has 1 saturated carbocycles. The van der Waals surface area contributed by atoms with E-state index in [1.54, 1.807) is 50.2 Å². The SMILES string of the molecule is CC1Oc2ccc(NC(=O)C3CCC(C(=O)Nc4ccc5c(c4)NC(=O)C(C)O5)CC3)cc2NC1=O. The van der Waals surface area contributed by atoms with Gasteiger partial charge in [0.15, 0.2) is 12.2 Å². The van der Waals surface area contributed by atoms with Crippen LogP contribution in [0, 0.1) is 11.8 Å². The molecule has 1 fully saturated rings. The summed E-state index contributed by atoms with van der Waals surface area (Å²) in [5.41, 5.74) is 2.21. The standard InChI is InChI=1S/C26H28N4O6/c1-13-23(31)29-19-11-17(7-9-21(19)35-13)27-25(33)15-3-5-16(6-4-15)26(34)28-18-8-10-22-20(12-18)30-24(32)14(2)36-22/h7-16H,3-6H2,1-2H3,(H,27,33)(H,28,34)(H,29,31)(H,30,32). The van der Waals surface area contributed by atoms with E-state index in [1.807, 2.05) is 0 Å². The Kier molecular flexibility index (Phi) is 6.26. The second-order valence-electron chi connectivity index (χ2n) is 9.45. The lowest BCUT2D eigenvalue weighted by atomic mass is 9.81. The average Bonchev–Trinajstić information content (AvgIpc) is 2.86. The van der Waals surface area contributed by atoms with Gasteiger partial charge in [0, 0.05) is 23.2 Å². The Hall–Kier alpha value is -4.08. The number of carbonyl (C=O) groups is 4. The number of benzene rings is 2. The number of nitrogens with one attached hydrogen (secondary N) is 4. The molecule has 2 atom stereocenters. The number of amides is 4. The molecule has 0 aromatic heterocycles. The Morgan fingerprint density at radius 2 is 1.11 bits per heavy atom. The molecular weight excluding hydrogens is 464 g/mol. The number of carbonyl (C=O) groups excluding carboxylic acids is 4. The molecule has 0 saturated heterocycles. The lowest BCUT2D eigenvalue weighted by molar-refractivity contribution is -0.125. The van der Waals surface area contributed by atoms with Crippen LogP contribution in [0.4, 0.5) is 22.7 Å². The van der Waals surface area contributed by atoms with E-state index in [-0.39, 0.29) is 35.5 Å². The van der Waals surface area contributed by atoms with Crippen molar-refractivity contribution < 1.29 is 28.7 Å². The van der Waals surface area contributed by atoms with Gasteiger partial charge < -0.3 is 30.7 Å².